The van der Waals surface area contributed by atoms with Crippen molar-refractivity contribution in [1.82, 2.24) is 4.98 Å². The Morgan fingerprint density at radius 1 is 1.00 bits per heavy atom. The van der Waals surface area contributed by atoms with Crippen molar-refractivity contribution in [2.45, 2.75) is 0 Å². The van der Waals surface area contributed by atoms with Crippen molar-refractivity contribution in [2.24, 2.45) is 10.7 Å². The van der Waals surface area contributed by atoms with Gasteiger partial charge in [0.1, 0.15) is 11.5 Å². The number of hydrogen-bond donors (Lipinski definition) is 1. The van der Waals surface area contributed by atoms with Crippen molar-refractivity contribution in [3.63, 3.8) is 0 Å². The molecule has 0 saturated heterocycles. The molecule has 2 N–H and O–H groups in total. The van der Waals surface area contributed by atoms with E-state index in [2.05, 4.69) is 9.98 Å². The molecule has 6 nitrogen and oxygen atoms in total. The number of anilines is 2. The van der Waals surface area contributed by atoms with Crippen molar-refractivity contribution < 1.29 is 9.47 Å². The first-order valence-electron chi connectivity index (χ1n) is 7.50. The van der Waals surface area contributed by atoms with Crippen molar-refractivity contribution in [3.05, 3.63) is 52.5 Å². The van der Waals surface area contributed by atoms with Gasteiger partial charge in [-0.1, -0.05) is 0 Å². The summed E-state index contributed by atoms with van der Waals surface area (Å²) in [5, 5.41) is 0.667. The first kappa shape index (κ1) is 18.3. The summed E-state index contributed by atoms with van der Waals surface area (Å²) in [7, 11) is 6.11. The zero-order valence-corrected chi connectivity index (χ0v) is 16.5. The van der Waals surface area contributed by atoms with Crippen LogP contribution in [0.2, 0.25) is 0 Å². The van der Waals surface area contributed by atoms with E-state index in [1.807, 2.05) is 48.5 Å². The fraction of sp³-hybridized carbons (Fsp3) is 0.118. The third-order valence-corrected chi connectivity index (χ3v) is 6.01. The van der Waals surface area contributed by atoms with Gasteiger partial charge in [0.05, 0.1) is 25.6 Å². The summed E-state index contributed by atoms with van der Waals surface area (Å²) < 4.78 is 10.9. The summed E-state index contributed by atoms with van der Waals surface area (Å²) in [5.41, 5.74) is 7.84. The zero-order chi connectivity index (χ0) is 18.5. The second-order valence-corrected chi connectivity index (χ2v) is 7.76. The third kappa shape index (κ3) is 4.18. The van der Waals surface area contributed by atoms with Crippen LogP contribution in [-0.2, 0) is 0 Å². The number of guanidine groups is 1. The lowest BCUT2D eigenvalue weighted by molar-refractivity contribution is 0.415. The maximum absolute atomic E-state index is 6.32. The van der Waals surface area contributed by atoms with E-state index in [1.165, 1.54) is 20.7 Å². The molecule has 0 radical (unpaired) electrons. The standard InChI is InChI=1S/C17H16N4O2S3/c1-22-13-7-3-11(4-8-13)19-15(18)21(16-20-17(24)26-25-16)12-5-9-14(23-2)10-6-12/h3-10H,1-2H3,(H2,18,19). The molecule has 0 aliphatic rings. The monoisotopic (exact) mass is 404 g/mol. The highest BCUT2D eigenvalue weighted by molar-refractivity contribution is 7.80. The number of methoxy groups -OCH3 is 2. The minimum absolute atomic E-state index is 0.289. The second kappa shape index (κ2) is 8.26. The Hall–Kier alpha value is -2.49. The van der Waals surface area contributed by atoms with Crippen LogP contribution in [0.4, 0.5) is 16.5 Å². The summed E-state index contributed by atoms with van der Waals surface area (Å²) in [6.45, 7) is 0. The molecule has 1 aromatic heterocycles. The number of hydrogen-bond acceptors (Lipinski definition) is 7. The van der Waals surface area contributed by atoms with Crippen molar-refractivity contribution in [1.29, 1.82) is 0 Å². The minimum atomic E-state index is 0.289. The van der Waals surface area contributed by atoms with Crippen LogP contribution in [-0.4, -0.2) is 25.2 Å². The highest BCUT2D eigenvalue weighted by Crippen LogP contribution is 2.32. The van der Waals surface area contributed by atoms with E-state index >= 15 is 0 Å². The number of aromatic nitrogens is 1. The lowest BCUT2D eigenvalue weighted by Gasteiger charge is -2.20. The van der Waals surface area contributed by atoms with Gasteiger partial charge >= 0.3 is 0 Å². The van der Waals surface area contributed by atoms with Gasteiger partial charge in [0.2, 0.25) is 11.1 Å². The Morgan fingerprint density at radius 2 is 1.58 bits per heavy atom. The Kier molecular flexibility index (Phi) is 5.82. The molecule has 3 rings (SSSR count). The molecule has 2 aromatic carbocycles. The summed E-state index contributed by atoms with van der Waals surface area (Å²) in [6, 6.07) is 14.8. The average molecular weight is 405 g/mol. The smallest absolute Gasteiger partial charge is 0.209 e. The predicted octanol–water partition coefficient (Wildman–Crippen LogP) is 4.74. The van der Waals surface area contributed by atoms with Gasteiger partial charge in [-0.15, -0.1) is 0 Å². The average Bonchev–Trinajstić information content (AvgIpc) is 3.09. The van der Waals surface area contributed by atoms with Crippen LogP contribution in [0, 0.1) is 3.95 Å². The van der Waals surface area contributed by atoms with Gasteiger partial charge in [-0.05, 0) is 81.4 Å². The molecule has 0 amide bonds. The van der Waals surface area contributed by atoms with E-state index in [0.29, 0.717) is 14.8 Å². The molecule has 0 atom stereocenters. The molecule has 0 fully saturated rings. The van der Waals surface area contributed by atoms with Crippen molar-refractivity contribution in [2.75, 3.05) is 19.1 Å². The quantitative estimate of drug-likeness (QED) is 0.287. The fourth-order valence-corrected chi connectivity index (χ4v) is 4.25. The van der Waals surface area contributed by atoms with Crippen LogP contribution in [0.3, 0.4) is 0 Å². The Bertz CT molecular complexity index is 949. The van der Waals surface area contributed by atoms with E-state index in [-0.39, 0.29) is 5.96 Å². The van der Waals surface area contributed by atoms with E-state index in [4.69, 9.17) is 27.4 Å². The molecule has 26 heavy (non-hydrogen) atoms. The molecule has 0 spiro atoms. The fourth-order valence-electron chi connectivity index (χ4n) is 2.19. The first-order valence-corrected chi connectivity index (χ1v) is 10.1. The molecule has 9 heteroatoms. The summed E-state index contributed by atoms with van der Waals surface area (Å²) in [6.07, 6.45) is 0. The number of aliphatic imine (C=N–C) groups is 1. The summed E-state index contributed by atoms with van der Waals surface area (Å²) >= 11 is 5.16. The lowest BCUT2D eigenvalue weighted by atomic mass is 10.3. The summed E-state index contributed by atoms with van der Waals surface area (Å²) in [4.78, 5) is 10.7. The van der Waals surface area contributed by atoms with E-state index in [9.17, 15) is 0 Å². The molecule has 0 aliphatic carbocycles. The summed E-state index contributed by atoms with van der Waals surface area (Å²) in [5.74, 6) is 1.80. The van der Waals surface area contributed by atoms with Gasteiger partial charge in [-0.3, -0.25) is 4.90 Å². The minimum Gasteiger partial charge on any atom is -0.497 e. The topological polar surface area (TPSA) is 73.0 Å². The number of benzene rings is 2. The van der Waals surface area contributed by atoms with Crippen LogP contribution in [0.1, 0.15) is 0 Å². The van der Waals surface area contributed by atoms with Crippen LogP contribution < -0.4 is 20.1 Å². The van der Waals surface area contributed by atoms with Crippen LogP contribution in [0.15, 0.2) is 53.5 Å². The Balaban J connectivity index is 2.00. The molecular formula is C17H16N4O2S3. The molecule has 0 saturated carbocycles. The number of nitrogens with zero attached hydrogens (tertiary/aromatic N) is 3. The van der Waals surface area contributed by atoms with Crippen molar-refractivity contribution in [3.8, 4) is 11.5 Å². The zero-order valence-electron chi connectivity index (χ0n) is 14.1. The van der Waals surface area contributed by atoms with E-state index < -0.39 is 0 Å². The Morgan fingerprint density at radius 3 is 2.08 bits per heavy atom. The van der Waals surface area contributed by atoms with Gasteiger partial charge in [0.25, 0.3) is 0 Å². The van der Waals surface area contributed by atoms with Crippen molar-refractivity contribution >= 4 is 55.4 Å². The van der Waals surface area contributed by atoms with Crippen LogP contribution in [0.5, 0.6) is 11.5 Å². The van der Waals surface area contributed by atoms with Gasteiger partial charge in [0, 0.05) is 0 Å². The number of ether oxygens (including phenoxy) is 2. The predicted molar refractivity (Wildman–Crippen MR) is 110 cm³/mol. The molecule has 1 heterocycles. The first-order chi connectivity index (χ1) is 12.6. The maximum Gasteiger partial charge on any atom is 0.209 e. The SMILES string of the molecule is COc1ccc(N=C(N)N(c2ccc(OC)cc2)c2nc(=S)ss2)cc1. The van der Waals surface area contributed by atoms with Gasteiger partial charge in [0.15, 0.2) is 3.95 Å². The highest BCUT2D eigenvalue weighted by atomic mass is 32.9. The van der Waals surface area contributed by atoms with E-state index in [1.54, 1.807) is 19.1 Å². The largest absolute Gasteiger partial charge is 0.497 e. The molecule has 134 valence electrons. The van der Waals surface area contributed by atoms with Crippen LogP contribution >= 0.6 is 32.9 Å². The second-order valence-electron chi connectivity index (χ2n) is 5.03. The van der Waals surface area contributed by atoms with E-state index in [0.717, 1.165) is 17.2 Å². The third-order valence-electron chi connectivity index (χ3n) is 3.44. The lowest BCUT2D eigenvalue weighted by Crippen LogP contribution is -2.33. The van der Waals surface area contributed by atoms with Gasteiger partial charge in [-0.25, -0.2) is 4.99 Å². The molecule has 0 unspecified atom stereocenters. The van der Waals surface area contributed by atoms with Gasteiger partial charge < -0.3 is 15.2 Å². The Labute approximate surface area is 163 Å². The highest BCUT2D eigenvalue weighted by Gasteiger charge is 2.17. The van der Waals surface area contributed by atoms with Gasteiger partial charge in [-0.2, -0.15) is 4.98 Å². The van der Waals surface area contributed by atoms with Crippen LogP contribution in [0.25, 0.3) is 0 Å². The molecule has 3 aromatic rings. The number of rotatable bonds is 5. The number of nitrogens with two attached hydrogens (primary N) is 1. The molecule has 0 bridgehead atoms. The molecule has 0 aliphatic heterocycles. The maximum atomic E-state index is 6.32. The normalized spacial score (nSPS) is 11.2. The molecular weight excluding hydrogens is 388 g/mol.